The molecule has 1 amide bonds. The molecule has 0 radical (unpaired) electrons. The molecule has 2 heterocycles. The van der Waals surface area contributed by atoms with Crippen LogP contribution in [0.4, 0.5) is 0 Å². The number of morpholine rings is 1. The van der Waals surface area contributed by atoms with E-state index in [1.165, 1.54) is 9.58 Å². The molecule has 0 saturated carbocycles. The van der Waals surface area contributed by atoms with Crippen molar-refractivity contribution in [3.05, 3.63) is 17.5 Å². The Morgan fingerprint density at radius 1 is 1.58 bits per heavy atom. The van der Waals surface area contributed by atoms with Gasteiger partial charge >= 0.3 is 5.97 Å². The summed E-state index contributed by atoms with van der Waals surface area (Å²) in [5.74, 6) is -1.25. The van der Waals surface area contributed by atoms with Gasteiger partial charge in [0.05, 0.1) is 18.8 Å². The van der Waals surface area contributed by atoms with E-state index < -0.39 is 12.1 Å². The maximum Gasteiger partial charge on any atom is 0.334 e. The molecule has 0 spiro atoms. The minimum absolute atomic E-state index is 0.0702. The van der Waals surface area contributed by atoms with Gasteiger partial charge < -0.3 is 14.7 Å². The Morgan fingerprint density at radius 3 is 2.89 bits per heavy atom. The van der Waals surface area contributed by atoms with Gasteiger partial charge in [-0.3, -0.25) is 9.48 Å². The Balaban J connectivity index is 2.14. The topological polar surface area (TPSA) is 84.7 Å². The molecule has 7 heteroatoms. The number of rotatable bonds is 3. The summed E-state index contributed by atoms with van der Waals surface area (Å²) in [7, 11) is 1.71. The number of aryl methyl sites for hydroxylation is 2. The summed E-state index contributed by atoms with van der Waals surface area (Å²) in [6, 6.07) is 1.74. The summed E-state index contributed by atoms with van der Waals surface area (Å²) in [5.41, 5.74) is 1.32. The lowest BCUT2D eigenvalue weighted by Gasteiger charge is -2.30. The van der Waals surface area contributed by atoms with Crippen molar-refractivity contribution in [2.24, 2.45) is 7.05 Å². The highest BCUT2D eigenvalue weighted by atomic mass is 16.5. The predicted octanol–water partition coefficient (Wildman–Crippen LogP) is -0.0919. The average Bonchev–Trinajstić information content (AvgIpc) is 2.79. The highest BCUT2D eigenvalue weighted by Gasteiger charge is 2.30. The molecule has 1 unspecified atom stereocenters. The number of aliphatic carboxylic acids is 1. The molecule has 1 N–H and O–H groups in total. The molecule has 1 fully saturated rings. The minimum Gasteiger partial charge on any atom is -0.479 e. The predicted molar refractivity (Wildman–Crippen MR) is 65.9 cm³/mol. The summed E-state index contributed by atoms with van der Waals surface area (Å²) >= 11 is 0. The van der Waals surface area contributed by atoms with Crippen molar-refractivity contribution in [3.8, 4) is 0 Å². The quantitative estimate of drug-likeness (QED) is 0.827. The van der Waals surface area contributed by atoms with Gasteiger partial charge in [0, 0.05) is 13.6 Å². The zero-order valence-corrected chi connectivity index (χ0v) is 11.0. The number of carbonyl (C=O) groups excluding carboxylic acids is 1. The van der Waals surface area contributed by atoms with Gasteiger partial charge in [0.2, 0.25) is 0 Å². The maximum absolute atomic E-state index is 12.3. The van der Waals surface area contributed by atoms with E-state index in [2.05, 4.69) is 5.10 Å². The molecule has 1 atom stereocenters. The Bertz CT molecular complexity index is 497. The van der Waals surface area contributed by atoms with Crippen LogP contribution in [0, 0.1) is 0 Å². The molecule has 104 valence electrons. The van der Waals surface area contributed by atoms with Gasteiger partial charge in [-0.25, -0.2) is 4.79 Å². The van der Waals surface area contributed by atoms with Gasteiger partial charge in [0.15, 0.2) is 6.10 Å². The average molecular weight is 267 g/mol. The van der Waals surface area contributed by atoms with Crippen molar-refractivity contribution >= 4 is 11.9 Å². The van der Waals surface area contributed by atoms with E-state index in [-0.39, 0.29) is 19.1 Å². The van der Waals surface area contributed by atoms with Gasteiger partial charge in [0.1, 0.15) is 5.69 Å². The molecule has 0 bridgehead atoms. The van der Waals surface area contributed by atoms with Crippen LogP contribution in [0.5, 0.6) is 0 Å². The number of carbonyl (C=O) groups is 2. The molecule has 0 aliphatic carbocycles. The van der Waals surface area contributed by atoms with Crippen LogP contribution in [-0.2, 0) is 23.0 Å². The number of aromatic nitrogens is 2. The lowest BCUT2D eigenvalue weighted by molar-refractivity contribution is -0.154. The number of nitrogens with zero attached hydrogens (tertiary/aromatic N) is 3. The third-order valence-corrected chi connectivity index (χ3v) is 3.14. The Morgan fingerprint density at radius 2 is 2.32 bits per heavy atom. The van der Waals surface area contributed by atoms with Gasteiger partial charge in [-0.2, -0.15) is 5.10 Å². The lowest BCUT2D eigenvalue weighted by atomic mass is 10.2. The van der Waals surface area contributed by atoms with Crippen molar-refractivity contribution in [1.82, 2.24) is 14.7 Å². The van der Waals surface area contributed by atoms with E-state index in [9.17, 15) is 9.59 Å². The van der Waals surface area contributed by atoms with Crippen LogP contribution >= 0.6 is 0 Å². The summed E-state index contributed by atoms with van der Waals surface area (Å²) < 4.78 is 6.63. The first-order valence-electron chi connectivity index (χ1n) is 6.19. The second-order valence-electron chi connectivity index (χ2n) is 4.45. The van der Waals surface area contributed by atoms with Crippen molar-refractivity contribution < 1.29 is 19.4 Å². The Labute approximate surface area is 110 Å². The molecule has 1 aromatic heterocycles. The number of carboxylic acids is 1. The highest BCUT2D eigenvalue weighted by molar-refractivity contribution is 5.93. The molecule has 1 saturated heterocycles. The van der Waals surface area contributed by atoms with Crippen LogP contribution in [0.1, 0.15) is 23.1 Å². The summed E-state index contributed by atoms with van der Waals surface area (Å²) in [6.45, 7) is 2.67. The van der Waals surface area contributed by atoms with Crippen LogP contribution in [0.2, 0.25) is 0 Å². The SMILES string of the molecule is CCc1cc(C(=O)N2CCOC(C(=O)O)C2)n(C)n1. The molecule has 2 rings (SSSR count). The molecular formula is C12H17N3O4. The molecule has 1 aromatic rings. The zero-order chi connectivity index (χ0) is 14.0. The van der Waals surface area contributed by atoms with Crippen LogP contribution in [-0.4, -0.2) is 57.5 Å². The first-order valence-corrected chi connectivity index (χ1v) is 6.19. The van der Waals surface area contributed by atoms with E-state index >= 15 is 0 Å². The fourth-order valence-electron chi connectivity index (χ4n) is 2.04. The van der Waals surface area contributed by atoms with E-state index in [1.54, 1.807) is 13.1 Å². The van der Waals surface area contributed by atoms with Gasteiger partial charge in [-0.15, -0.1) is 0 Å². The highest BCUT2D eigenvalue weighted by Crippen LogP contribution is 2.12. The van der Waals surface area contributed by atoms with Gasteiger partial charge in [-0.1, -0.05) is 6.92 Å². The summed E-state index contributed by atoms with van der Waals surface area (Å²) in [5, 5.41) is 13.1. The van der Waals surface area contributed by atoms with Crippen LogP contribution in [0.15, 0.2) is 6.07 Å². The van der Waals surface area contributed by atoms with Crippen LogP contribution in [0.3, 0.4) is 0 Å². The Hall–Kier alpha value is -1.89. The van der Waals surface area contributed by atoms with E-state index in [0.717, 1.165) is 12.1 Å². The number of amides is 1. The molecular weight excluding hydrogens is 250 g/mol. The number of hydrogen-bond acceptors (Lipinski definition) is 4. The minimum atomic E-state index is -1.04. The third kappa shape index (κ3) is 2.76. The molecule has 7 nitrogen and oxygen atoms in total. The fourth-order valence-corrected chi connectivity index (χ4v) is 2.04. The summed E-state index contributed by atoms with van der Waals surface area (Å²) in [4.78, 5) is 24.7. The fraction of sp³-hybridized carbons (Fsp3) is 0.583. The first-order chi connectivity index (χ1) is 9.02. The van der Waals surface area contributed by atoms with Crippen molar-refractivity contribution in [1.29, 1.82) is 0 Å². The maximum atomic E-state index is 12.3. The molecule has 0 aromatic carbocycles. The second-order valence-corrected chi connectivity index (χ2v) is 4.45. The number of hydrogen-bond donors (Lipinski definition) is 1. The number of ether oxygens (including phenoxy) is 1. The molecule has 19 heavy (non-hydrogen) atoms. The van der Waals surface area contributed by atoms with E-state index in [4.69, 9.17) is 9.84 Å². The largest absolute Gasteiger partial charge is 0.479 e. The summed E-state index contributed by atoms with van der Waals surface area (Å²) in [6.07, 6.45) is -0.196. The normalized spacial score (nSPS) is 19.5. The number of carboxylic acid groups (broad SMARTS) is 1. The van der Waals surface area contributed by atoms with E-state index in [1.807, 2.05) is 6.92 Å². The van der Waals surface area contributed by atoms with Crippen LogP contribution in [0.25, 0.3) is 0 Å². The van der Waals surface area contributed by atoms with Crippen molar-refractivity contribution in [2.75, 3.05) is 19.7 Å². The monoisotopic (exact) mass is 267 g/mol. The first kappa shape index (κ1) is 13.5. The van der Waals surface area contributed by atoms with Crippen LogP contribution < -0.4 is 0 Å². The smallest absolute Gasteiger partial charge is 0.334 e. The van der Waals surface area contributed by atoms with Gasteiger partial charge in [0.25, 0.3) is 5.91 Å². The standard InChI is InChI=1S/C12H17N3O4/c1-3-8-6-9(14(2)13-8)11(16)15-4-5-19-10(7-15)12(17)18/h6,10H,3-5,7H2,1-2H3,(H,17,18). The third-order valence-electron chi connectivity index (χ3n) is 3.14. The zero-order valence-electron chi connectivity index (χ0n) is 11.0. The van der Waals surface area contributed by atoms with Crippen molar-refractivity contribution in [2.45, 2.75) is 19.4 Å². The Kier molecular flexibility index (Phi) is 3.84. The lowest BCUT2D eigenvalue weighted by Crippen LogP contribution is -2.48. The second kappa shape index (κ2) is 5.40. The van der Waals surface area contributed by atoms with E-state index in [0.29, 0.717) is 12.2 Å². The molecule has 1 aliphatic rings. The van der Waals surface area contributed by atoms with Crippen molar-refractivity contribution in [3.63, 3.8) is 0 Å². The molecule has 1 aliphatic heterocycles. The van der Waals surface area contributed by atoms with Gasteiger partial charge in [-0.05, 0) is 12.5 Å².